The van der Waals surface area contributed by atoms with E-state index in [-0.39, 0.29) is 5.91 Å². The number of benzene rings is 1. The standard InChI is InChI=1S/C22H26N2O3/c1-2-26-20-12-18(22(25)24-21(16-5-6-16)17-7-8-17)9-10-19(20)27-14-15-4-3-11-23-13-15/h3-4,9-13,16-17,21H,2,5-8,14H2,1H3,(H,24,25). The SMILES string of the molecule is CCOc1cc(C(=O)NC(C2CC2)C2CC2)ccc1OCc1cccnc1. The predicted octanol–water partition coefficient (Wildman–Crippen LogP) is 3.98. The molecule has 1 N–H and O–H groups in total. The molecule has 1 aromatic heterocycles. The lowest BCUT2D eigenvalue weighted by Gasteiger charge is -2.18. The summed E-state index contributed by atoms with van der Waals surface area (Å²) in [4.78, 5) is 16.8. The number of nitrogens with one attached hydrogen (secondary N) is 1. The molecular weight excluding hydrogens is 340 g/mol. The molecule has 2 fully saturated rings. The highest BCUT2D eigenvalue weighted by Crippen LogP contribution is 2.44. The second kappa shape index (κ2) is 7.99. The van der Waals surface area contributed by atoms with Crippen molar-refractivity contribution < 1.29 is 14.3 Å². The normalized spacial score (nSPS) is 16.2. The van der Waals surface area contributed by atoms with Crippen LogP contribution >= 0.6 is 0 Å². The zero-order valence-electron chi connectivity index (χ0n) is 15.7. The molecule has 0 saturated heterocycles. The average Bonchev–Trinajstić information content (AvgIpc) is 3.59. The van der Waals surface area contributed by atoms with Crippen LogP contribution in [0, 0.1) is 11.8 Å². The Balaban J connectivity index is 1.45. The van der Waals surface area contributed by atoms with Gasteiger partial charge in [0.05, 0.1) is 6.61 Å². The molecule has 1 amide bonds. The number of hydrogen-bond donors (Lipinski definition) is 1. The van der Waals surface area contributed by atoms with E-state index in [1.165, 1.54) is 25.7 Å². The summed E-state index contributed by atoms with van der Waals surface area (Å²) in [5.41, 5.74) is 1.61. The van der Waals surface area contributed by atoms with E-state index in [9.17, 15) is 4.79 Å². The van der Waals surface area contributed by atoms with Crippen LogP contribution in [0.4, 0.5) is 0 Å². The molecule has 142 valence electrons. The van der Waals surface area contributed by atoms with Crippen molar-refractivity contribution in [2.75, 3.05) is 6.61 Å². The third-order valence-electron chi connectivity index (χ3n) is 5.18. The van der Waals surface area contributed by atoms with Crippen molar-refractivity contribution >= 4 is 5.91 Å². The molecule has 5 nitrogen and oxygen atoms in total. The molecular formula is C22H26N2O3. The largest absolute Gasteiger partial charge is 0.490 e. The van der Waals surface area contributed by atoms with E-state index in [2.05, 4.69) is 10.3 Å². The fourth-order valence-corrected chi connectivity index (χ4v) is 3.45. The van der Waals surface area contributed by atoms with Gasteiger partial charge in [-0.05, 0) is 68.7 Å². The van der Waals surface area contributed by atoms with Gasteiger partial charge in [0.15, 0.2) is 11.5 Å². The van der Waals surface area contributed by atoms with E-state index >= 15 is 0 Å². The Kier molecular flexibility index (Phi) is 5.28. The summed E-state index contributed by atoms with van der Waals surface area (Å²) in [5.74, 6) is 2.57. The number of hydrogen-bond acceptors (Lipinski definition) is 4. The highest BCUT2D eigenvalue weighted by molar-refractivity contribution is 5.95. The van der Waals surface area contributed by atoms with Gasteiger partial charge in [-0.25, -0.2) is 0 Å². The minimum atomic E-state index is -0.0152. The number of ether oxygens (including phenoxy) is 2. The number of nitrogens with zero attached hydrogens (tertiary/aromatic N) is 1. The maximum absolute atomic E-state index is 12.8. The van der Waals surface area contributed by atoms with Crippen molar-refractivity contribution in [3.05, 3.63) is 53.9 Å². The maximum atomic E-state index is 12.8. The van der Waals surface area contributed by atoms with Gasteiger partial charge < -0.3 is 14.8 Å². The van der Waals surface area contributed by atoms with E-state index in [4.69, 9.17) is 9.47 Å². The number of amides is 1. The second-order valence-corrected chi connectivity index (χ2v) is 7.42. The lowest BCUT2D eigenvalue weighted by molar-refractivity contribution is 0.0925. The van der Waals surface area contributed by atoms with Gasteiger partial charge in [0.25, 0.3) is 5.91 Å². The zero-order valence-corrected chi connectivity index (χ0v) is 15.7. The van der Waals surface area contributed by atoms with Crippen molar-refractivity contribution in [1.82, 2.24) is 10.3 Å². The van der Waals surface area contributed by atoms with Crippen LogP contribution in [0.2, 0.25) is 0 Å². The van der Waals surface area contributed by atoms with Crippen LogP contribution in [-0.2, 0) is 6.61 Å². The monoisotopic (exact) mass is 366 g/mol. The van der Waals surface area contributed by atoms with Crippen molar-refractivity contribution in [2.24, 2.45) is 11.8 Å². The van der Waals surface area contributed by atoms with Crippen molar-refractivity contribution in [3.8, 4) is 11.5 Å². The van der Waals surface area contributed by atoms with Gasteiger partial charge in [0.2, 0.25) is 0 Å². The third kappa shape index (κ3) is 4.59. The number of carbonyl (C=O) groups is 1. The molecule has 0 atom stereocenters. The van der Waals surface area contributed by atoms with Gasteiger partial charge in [-0.3, -0.25) is 9.78 Å². The lowest BCUT2D eigenvalue weighted by Crippen LogP contribution is -2.38. The molecule has 0 unspecified atom stereocenters. The molecule has 0 bridgehead atoms. The van der Waals surface area contributed by atoms with Crippen LogP contribution in [0.3, 0.4) is 0 Å². The summed E-state index contributed by atoms with van der Waals surface area (Å²) < 4.78 is 11.6. The van der Waals surface area contributed by atoms with Crippen molar-refractivity contribution in [3.63, 3.8) is 0 Å². The Hall–Kier alpha value is -2.56. The summed E-state index contributed by atoms with van der Waals surface area (Å²) in [6.07, 6.45) is 8.48. The number of aromatic nitrogens is 1. The first-order valence-corrected chi connectivity index (χ1v) is 9.84. The fourth-order valence-electron chi connectivity index (χ4n) is 3.45. The average molecular weight is 366 g/mol. The molecule has 2 aliphatic carbocycles. The molecule has 0 aliphatic heterocycles. The molecule has 1 heterocycles. The minimum absolute atomic E-state index is 0.0152. The first-order chi connectivity index (χ1) is 13.2. The third-order valence-corrected chi connectivity index (χ3v) is 5.18. The van der Waals surface area contributed by atoms with E-state index in [0.29, 0.717) is 48.2 Å². The van der Waals surface area contributed by atoms with E-state index in [1.807, 2.05) is 31.2 Å². The Morgan fingerprint density at radius 3 is 2.56 bits per heavy atom. The van der Waals surface area contributed by atoms with E-state index in [0.717, 1.165) is 5.56 Å². The Morgan fingerprint density at radius 2 is 1.93 bits per heavy atom. The lowest BCUT2D eigenvalue weighted by atomic mass is 10.1. The molecule has 1 aromatic carbocycles. The van der Waals surface area contributed by atoms with Crippen LogP contribution < -0.4 is 14.8 Å². The van der Waals surface area contributed by atoms with Crippen LogP contribution in [0.25, 0.3) is 0 Å². The van der Waals surface area contributed by atoms with Crippen molar-refractivity contribution in [1.29, 1.82) is 0 Å². The Morgan fingerprint density at radius 1 is 1.15 bits per heavy atom. The molecule has 5 heteroatoms. The second-order valence-electron chi connectivity index (χ2n) is 7.42. The highest BCUT2D eigenvalue weighted by atomic mass is 16.5. The van der Waals surface area contributed by atoms with Crippen molar-refractivity contribution in [2.45, 2.75) is 45.3 Å². The van der Waals surface area contributed by atoms with Gasteiger partial charge in [-0.1, -0.05) is 6.07 Å². The number of rotatable bonds is 9. The van der Waals surface area contributed by atoms with Gasteiger partial charge in [-0.2, -0.15) is 0 Å². The molecule has 0 spiro atoms. The van der Waals surface area contributed by atoms with Crippen LogP contribution in [0.1, 0.15) is 48.5 Å². The minimum Gasteiger partial charge on any atom is -0.490 e. The Bertz CT molecular complexity index is 773. The quantitative estimate of drug-likeness (QED) is 0.729. The highest BCUT2D eigenvalue weighted by Gasteiger charge is 2.42. The number of pyridine rings is 1. The van der Waals surface area contributed by atoms with E-state index in [1.54, 1.807) is 18.5 Å². The topological polar surface area (TPSA) is 60.5 Å². The summed E-state index contributed by atoms with van der Waals surface area (Å²) in [6, 6.07) is 9.60. The first kappa shape index (κ1) is 17.8. The maximum Gasteiger partial charge on any atom is 0.251 e. The summed E-state index contributed by atoms with van der Waals surface area (Å²) >= 11 is 0. The molecule has 0 radical (unpaired) electrons. The van der Waals surface area contributed by atoms with Gasteiger partial charge in [0.1, 0.15) is 6.61 Å². The molecule has 27 heavy (non-hydrogen) atoms. The van der Waals surface area contributed by atoms with Gasteiger partial charge >= 0.3 is 0 Å². The van der Waals surface area contributed by atoms with Crippen LogP contribution in [0.15, 0.2) is 42.7 Å². The number of carbonyl (C=O) groups excluding carboxylic acids is 1. The molecule has 4 rings (SSSR count). The zero-order chi connectivity index (χ0) is 18.6. The fraction of sp³-hybridized carbons (Fsp3) is 0.455. The molecule has 2 aliphatic rings. The van der Waals surface area contributed by atoms with Gasteiger partial charge in [0, 0.05) is 29.6 Å². The summed E-state index contributed by atoms with van der Waals surface area (Å²) in [5, 5.41) is 3.26. The smallest absolute Gasteiger partial charge is 0.251 e. The van der Waals surface area contributed by atoms with E-state index < -0.39 is 0 Å². The Labute approximate surface area is 160 Å². The van der Waals surface area contributed by atoms with Gasteiger partial charge in [-0.15, -0.1) is 0 Å². The summed E-state index contributed by atoms with van der Waals surface area (Å²) in [6.45, 7) is 2.85. The first-order valence-electron chi connectivity index (χ1n) is 9.84. The van der Waals surface area contributed by atoms with Crippen LogP contribution in [0.5, 0.6) is 11.5 Å². The molecule has 2 aromatic rings. The summed E-state index contributed by atoms with van der Waals surface area (Å²) in [7, 11) is 0. The predicted molar refractivity (Wildman–Crippen MR) is 103 cm³/mol. The van der Waals surface area contributed by atoms with Crippen LogP contribution in [-0.4, -0.2) is 23.5 Å². The molecule has 2 saturated carbocycles.